The van der Waals surface area contributed by atoms with Gasteiger partial charge in [-0.15, -0.1) is 0 Å². The minimum absolute atomic E-state index is 0.0573. The van der Waals surface area contributed by atoms with Crippen LogP contribution in [0.4, 0.5) is 20.2 Å². The van der Waals surface area contributed by atoms with Crippen LogP contribution in [-0.2, 0) is 0 Å². The van der Waals surface area contributed by atoms with E-state index in [1.54, 1.807) is 0 Å². The van der Waals surface area contributed by atoms with Crippen molar-refractivity contribution in [3.63, 3.8) is 0 Å². The highest BCUT2D eigenvalue weighted by molar-refractivity contribution is 9.10. The number of nitrogens with zero attached hydrogens (tertiary/aromatic N) is 1. The first kappa shape index (κ1) is 13.8. The van der Waals surface area contributed by atoms with Crippen LogP contribution < -0.4 is 5.32 Å². The van der Waals surface area contributed by atoms with E-state index in [1.807, 2.05) is 6.07 Å². The summed E-state index contributed by atoms with van der Waals surface area (Å²) in [4.78, 5) is 0. The number of nitrogens with one attached hydrogen (secondary N) is 1. The molecule has 2 rings (SSSR count). The van der Waals surface area contributed by atoms with Crippen molar-refractivity contribution in [1.82, 2.24) is 0 Å². The molecule has 0 bridgehead atoms. The summed E-state index contributed by atoms with van der Waals surface area (Å²) >= 11 is 8.64. The highest BCUT2D eigenvalue weighted by atomic mass is 79.9. The molecule has 0 aliphatic rings. The van der Waals surface area contributed by atoms with Crippen LogP contribution in [0.1, 0.15) is 5.56 Å². The van der Waals surface area contributed by atoms with Crippen LogP contribution in [0, 0.1) is 23.0 Å². The minimum atomic E-state index is -0.598. The molecule has 2 nitrogen and oxygen atoms in total. The van der Waals surface area contributed by atoms with Crippen LogP contribution in [-0.4, -0.2) is 0 Å². The molecule has 0 aliphatic carbocycles. The van der Waals surface area contributed by atoms with Crippen molar-refractivity contribution in [1.29, 1.82) is 5.26 Å². The van der Waals surface area contributed by atoms with Gasteiger partial charge in [0, 0.05) is 5.69 Å². The summed E-state index contributed by atoms with van der Waals surface area (Å²) < 4.78 is 27.0. The Bertz CT molecular complexity index is 683. The lowest BCUT2D eigenvalue weighted by molar-refractivity contribution is 0.624. The maximum absolute atomic E-state index is 13.9. The van der Waals surface area contributed by atoms with Gasteiger partial charge >= 0.3 is 0 Å². The molecule has 0 heterocycles. The standard InChI is InChI=1S/C13H6BrClF2N2/c14-12-7(6-18)1-4-11(13(12)17)19-8-2-3-10(16)9(15)5-8/h1-5,19H. The van der Waals surface area contributed by atoms with Crippen LogP contribution >= 0.6 is 27.5 Å². The first-order valence-corrected chi connectivity index (χ1v) is 6.30. The highest BCUT2D eigenvalue weighted by Crippen LogP contribution is 2.29. The molecule has 0 radical (unpaired) electrons. The van der Waals surface area contributed by atoms with Gasteiger partial charge in [0.1, 0.15) is 11.9 Å². The fourth-order valence-electron chi connectivity index (χ4n) is 1.46. The van der Waals surface area contributed by atoms with Gasteiger partial charge in [0.05, 0.1) is 20.7 Å². The average molecular weight is 344 g/mol. The zero-order valence-corrected chi connectivity index (χ0v) is 11.7. The number of nitriles is 1. The van der Waals surface area contributed by atoms with Crippen molar-refractivity contribution in [2.24, 2.45) is 0 Å². The first-order chi connectivity index (χ1) is 9.02. The molecule has 0 saturated heterocycles. The summed E-state index contributed by atoms with van der Waals surface area (Å²) in [6.07, 6.45) is 0. The molecule has 0 spiro atoms. The number of rotatable bonds is 2. The Kier molecular flexibility index (Phi) is 4.03. The van der Waals surface area contributed by atoms with Crippen molar-refractivity contribution in [3.8, 4) is 6.07 Å². The van der Waals surface area contributed by atoms with Gasteiger partial charge in [-0.3, -0.25) is 0 Å². The van der Waals surface area contributed by atoms with Gasteiger partial charge in [-0.1, -0.05) is 11.6 Å². The second kappa shape index (κ2) is 5.55. The molecular weight excluding hydrogens is 338 g/mol. The molecule has 2 aromatic carbocycles. The molecule has 0 aromatic heterocycles. The SMILES string of the molecule is N#Cc1ccc(Nc2ccc(F)c(Cl)c2)c(F)c1Br. The smallest absolute Gasteiger partial charge is 0.162 e. The molecule has 0 amide bonds. The first-order valence-electron chi connectivity index (χ1n) is 5.13. The van der Waals surface area contributed by atoms with Crippen molar-refractivity contribution in [2.75, 3.05) is 5.32 Å². The van der Waals surface area contributed by atoms with E-state index in [0.29, 0.717) is 5.69 Å². The van der Waals surface area contributed by atoms with Crippen molar-refractivity contribution in [2.45, 2.75) is 0 Å². The predicted octanol–water partition coefficient (Wildman–Crippen LogP) is 5.00. The molecule has 0 aliphatic heterocycles. The summed E-state index contributed by atoms with van der Waals surface area (Å²) in [5, 5.41) is 11.5. The molecular formula is C13H6BrClF2N2. The Balaban J connectivity index is 2.36. The normalized spacial score (nSPS) is 10.1. The third-order valence-electron chi connectivity index (χ3n) is 2.40. The van der Waals surface area contributed by atoms with E-state index in [0.717, 1.165) is 0 Å². The van der Waals surface area contributed by atoms with Crippen molar-refractivity contribution in [3.05, 3.63) is 57.0 Å². The van der Waals surface area contributed by atoms with E-state index in [9.17, 15) is 8.78 Å². The minimum Gasteiger partial charge on any atom is -0.353 e. The topological polar surface area (TPSA) is 35.8 Å². The van der Waals surface area contributed by atoms with Crippen LogP contribution in [0.2, 0.25) is 5.02 Å². The fraction of sp³-hybridized carbons (Fsp3) is 0. The summed E-state index contributed by atoms with van der Waals surface area (Å²) in [6.45, 7) is 0. The van der Waals surface area contributed by atoms with Crippen molar-refractivity contribution >= 4 is 38.9 Å². The Morgan fingerprint density at radius 2 is 1.95 bits per heavy atom. The van der Waals surface area contributed by atoms with E-state index in [-0.39, 0.29) is 20.7 Å². The monoisotopic (exact) mass is 342 g/mol. The third-order valence-corrected chi connectivity index (χ3v) is 3.47. The summed E-state index contributed by atoms with van der Waals surface area (Å²) in [7, 11) is 0. The van der Waals surface area contributed by atoms with Gasteiger partial charge < -0.3 is 5.32 Å². The van der Waals surface area contributed by atoms with Gasteiger partial charge in [0.25, 0.3) is 0 Å². The van der Waals surface area contributed by atoms with Crippen LogP contribution in [0.15, 0.2) is 34.8 Å². The summed E-state index contributed by atoms with van der Waals surface area (Å²) in [5.74, 6) is -1.15. The number of halogens is 4. The van der Waals surface area contributed by atoms with Gasteiger partial charge in [-0.2, -0.15) is 5.26 Å². The molecule has 0 atom stereocenters. The van der Waals surface area contributed by atoms with E-state index >= 15 is 0 Å². The lowest BCUT2D eigenvalue weighted by Crippen LogP contribution is -1.96. The van der Waals surface area contributed by atoms with Gasteiger partial charge in [-0.25, -0.2) is 8.78 Å². The van der Waals surface area contributed by atoms with Gasteiger partial charge in [-0.05, 0) is 46.3 Å². The Morgan fingerprint density at radius 3 is 2.58 bits per heavy atom. The lowest BCUT2D eigenvalue weighted by atomic mass is 10.2. The summed E-state index contributed by atoms with van der Waals surface area (Å²) in [6, 6.07) is 8.73. The fourth-order valence-corrected chi connectivity index (χ4v) is 2.08. The van der Waals surface area contributed by atoms with E-state index in [4.69, 9.17) is 16.9 Å². The number of hydrogen-bond acceptors (Lipinski definition) is 2. The number of anilines is 2. The molecule has 0 fully saturated rings. The quantitative estimate of drug-likeness (QED) is 0.833. The largest absolute Gasteiger partial charge is 0.353 e. The van der Waals surface area contributed by atoms with E-state index in [1.165, 1.54) is 30.3 Å². The Morgan fingerprint density at radius 1 is 1.21 bits per heavy atom. The molecule has 19 heavy (non-hydrogen) atoms. The van der Waals surface area contributed by atoms with Gasteiger partial charge in [0.15, 0.2) is 5.82 Å². The summed E-state index contributed by atoms with van der Waals surface area (Å²) in [5.41, 5.74) is 0.802. The third kappa shape index (κ3) is 2.86. The molecule has 0 unspecified atom stereocenters. The maximum Gasteiger partial charge on any atom is 0.162 e. The molecule has 6 heteroatoms. The Hall–Kier alpha value is -1.64. The van der Waals surface area contributed by atoms with Crippen LogP contribution in [0.5, 0.6) is 0 Å². The number of benzene rings is 2. The maximum atomic E-state index is 13.9. The predicted molar refractivity (Wildman–Crippen MR) is 73.5 cm³/mol. The highest BCUT2D eigenvalue weighted by Gasteiger charge is 2.11. The molecule has 2 aromatic rings. The average Bonchev–Trinajstić information content (AvgIpc) is 2.40. The second-order valence-corrected chi connectivity index (χ2v) is 4.85. The number of hydrogen-bond donors (Lipinski definition) is 1. The van der Waals surface area contributed by atoms with Crippen molar-refractivity contribution < 1.29 is 8.78 Å². The Labute approximate surface area is 121 Å². The van der Waals surface area contributed by atoms with Gasteiger partial charge in [0.2, 0.25) is 0 Å². The van der Waals surface area contributed by atoms with Crippen LogP contribution in [0.25, 0.3) is 0 Å². The molecule has 96 valence electrons. The molecule has 0 saturated carbocycles. The zero-order chi connectivity index (χ0) is 14.0. The molecule has 1 N–H and O–H groups in total. The van der Waals surface area contributed by atoms with E-state index in [2.05, 4.69) is 21.2 Å². The second-order valence-electron chi connectivity index (χ2n) is 3.65. The van der Waals surface area contributed by atoms with Crippen LogP contribution in [0.3, 0.4) is 0 Å². The van der Waals surface area contributed by atoms with E-state index < -0.39 is 11.6 Å². The zero-order valence-electron chi connectivity index (χ0n) is 9.35. The lowest BCUT2D eigenvalue weighted by Gasteiger charge is -2.09.